The molecule has 0 aliphatic rings. The van der Waals surface area contributed by atoms with Crippen LogP contribution in [-0.4, -0.2) is 23.8 Å². The Labute approximate surface area is 104 Å². The number of amides is 2. The molecule has 1 aromatic heterocycles. The lowest BCUT2D eigenvalue weighted by molar-refractivity contribution is 0.218. The molecule has 6 heteroatoms. The van der Waals surface area contributed by atoms with Gasteiger partial charge in [-0.15, -0.1) is 11.3 Å². The van der Waals surface area contributed by atoms with E-state index in [2.05, 4.69) is 10.6 Å². The molecule has 0 spiro atoms. The van der Waals surface area contributed by atoms with E-state index in [1.807, 2.05) is 13.0 Å². The second-order valence-electron chi connectivity index (χ2n) is 3.56. The van der Waals surface area contributed by atoms with E-state index in [-0.39, 0.29) is 24.7 Å². The molecule has 4 nitrogen and oxygen atoms in total. The minimum atomic E-state index is -0.293. The van der Waals surface area contributed by atoms with Crippen LogP contribution in [0.5, 0.6) is 0 Å². The zero-order valence-corrected chi connectivity index (χ0v) is 10.7. The first-order valence-electron chi connectivity index (χ1n) is 4.96. The Balaban J connectivity index is 2.45. The lowest BCUT2D eigenvalue weighted by Crippen LogP contribution is -2.43. The number of hydrogen-bond acceptors (Lipinski definition) is 3. The maximum absolute atomic E-state index is 11.4. The lowest BCUT2D eigenvalue weighted by atomic mass is 10.3. The molecule has 1 rings (SSSR count). The summed E-state index contributed by atoms with van der Waals surface area (Å²) >= 11 is 7.24. The summed E-state index contributed by atoms with van der Waals surface area (Å²) in [6.45, 7) is 3.53. The van der Waals surface area contributed by atoms with Gasteiger partial charge in [0.1, 0.15) is 0 Å². The van der Waals surface area contributed by atoms with Crippen LogP contribution in [0.1, 0.15) is 24.8 Å². The third-order valence-electron chi connectivity index (χ3n) is 2.02. The number of urea groups is 1. The highest BCUT2D eigenvalue weighted by Gasteiger charge is 2.12. The second kappa shape index (κ2) is 6.08. The van der Waals surface area contributed by atoms with Crippen LogP contribution in [-0.2, 0) is 0 Å². The maximum Gasteiger partial charge on any atom is 0.315 e. The van der Waals surface area contributed by atoms with Crippen LogP contribution in [0.2, 0.25) is 4.34 Å². The molecule has 2 atom stereocenters. The van der Waals surface area contributed by atoms with Crippen molar-refractivity contribution in [2.24, 2.45) is 0 Å². The molecule has 0 fully saturated rings. The number of carbonyl (C=O) groups is 1. The third-order valence-corrected chi connectivity index (χ3v) is 3.43. The lowest BCUT2D eigenvalue weighted by Gasteiger charge is -2.15. The maximum atomic E-state index is 11.4. The van der Waals surface area contributed by atoms with Gasteiger partial charge in [-0.2, -0.15) is 0 Å². The van der Waals surface area contributed by atoms with E-state index in [0.717, 1.165) is 4.88 Å². The quantitative estimate of drug-likeness (QED) is 0.779. The van der Waals surface area contributed by atoms with Crippen molar-refractivity contribution in [3.63, 3.8) is 0 Å². The standard InChI is InChI=1S/C10H15ClN2O2S/c1-6(5-14)12-10(15)13-7(2)8-3-4-9(11)16-8/h3-4,6-7,14H,5H2,1-2H3,(H2,12,13,15). The number of nitrogens with one attached hydrogen (secondary N) is 2. The van der Waals surface area contributed by atoms with Crippen molar-refractivity contribution in [2.75, 3.05) is 6.61 Å². The van der Waals surface area contributed by atoms with Crippen LogP contribution in [0.4, 0.5) is 4.79 Å². The van der Waals surface area contributed by atoms with Crippen molar-refractivity contribution in [2.45, 2.75) is 25.9 Å². The zero-order chi connectivity index (χ0) is 12.1. The highest BCUT2D eigenvalue weighted by atomic mass is 35.5. The number of carbonyl (C=O) groups excluding carboxylic acids is 1. The highest BCUT2D eigenvalue weighted by Crippen LogP contribution is 2.26. The average molecular weight is 263 g/mol. The van der Waals surface area contributed by atoms with Gasteiger partial charge in [0.15, 0.2) is 0 Å². The Kier molecular flexibility index (Phi) is 5.05. The van der Waals surface area contributed by atoms with Crippen molar-refractivity contribution in [3.8, 4) is 0 Å². The molecule has 0 aliphatic carbocycles. The van der Waals surface area contributed by atoms with Crippen LogP contribution in [0.25, 0.3) is 0 Å². The normalized spacial score (nSPS) is 14.2. The molecule has 0 bridgehead atoms. The van der Waals surface area contributed by atoms with Crippen LogP contribution in [0, 0.1) is 0 Å². The van der Waals surface area contributed by atoms with Gasteiger partial charge in [-0.3, -0.25) is 0 Å². The number of halogens is 1. The van der Waals surface area contributed by atoms with Gasteiger partial charge >= 0.3 is 6.03 Å². The Morgan fingerprint density at radius 3 is 2.69 bits per heavy atom. The van der Waals surface area contributed by atoms with Gasteiger partial charge in [0, 0.05) is 4.88 Å². The predicted molar refractivity (Wildman–Crippen MR) is 66.0 cm³/mol. The van der Waals surface area contributed by atoms with Gasteiger partial charge in [-0.1, -0.05) is 11.6 Å². The van der Waals surface area contributed by atoms with Gasteiger partial charge in [-0.25, -0.2) is 4.79 Å². The molecule has 1 aromatic rings. The molecular weight excluding hydrogens is 248 g/mol. The molecule has 0 saturated carbocycles. The van der Waals surface area contributed by atoms with E-state index in [1.54, 1.807) is 13.0 Å². The Morgan fingerprint density at radius 2 is 2.19 bits per heavy atom. The number of hydrogen-bond donors (Lipinski definition) is 3. The molecule has 90 valence electrons. The summed E-state index contributed by atoms with van der Waals surface area (Å²) < 4.78 is 0.702. The van der Waals surface area contributed by atoms with E-state index < -0.39 is 0 Å². The largest absolute Gasteiger partial charge is 0.394 e. The monoisotopic (exact) mass is 262 g/mol. The summed E-state index contributed by atoms with van der Waals surface area (Å²) in [5.74, 6) is 0. The molecular formula is C10H15ClN2O2S. The fourth-order valence-corrected chi connectivity index (χ4v) is 2.20. The molecule has 0 aromatic carbocycles. The molecule has 0 saturated heterocycles. The highest BCUT2D eigenvalue weighted by molar-refractivity contribution is 7.16. The smallest absolute Gasteiger partial charge is 0.315 e. The summed E-state index contributed by atoms with van der Waals surface area (Å²) in [7, 11) is 0. The number of aliphatic hydroxyl groups is 1. The first kappa shape index (κ1) is 13.3. The van der Waals surface area contributed by atoms with E-state index in [0.29, 0.717) is 4.34 Å². The molecule has 3 N–H and O–H groups in total. The van der Waals surface area contributed by atoms with Crippen molar-refractivity contribution < 1.29 is 9.90 Å². The molecule has 2 unspecified atom stereocenters. The summed E-state index contributed by atoms with van der Waals surface area (Å²) in [4.78, 5) is 12.4. The van der Waals surface area contributed by atoms with Gasteiger partial charge < -0.3 is 15.7 Å². The molecule has 16 heavy (non-hydrogen) atoms. The fourth-order valence-electron chi connectivity index (χ4n) is 1.14. The molecule has 0 aliphatic heterocycles. The van der Waals surface area contributed by atoms with Crippen LogP contribution < -0.4 is 10.6 Å². The van der Waals surface area contributed by atoms with Crippen LogP contribution in [0.3, 0.4) is 0 Å². The second-order valence-corrected chi connectivity index (χ2v) is 5.31. The minimum Gasteiger partial charge on any atom is -0.394 e. The number of rotatable bonds is 4. The average Bonchev–Trinajstić information content (AvgIpc) is 2.64. The van der Waals surface area contributed by atoms with Gasteiger partial charge in [0.25, 0.3) is 0 Å². The van der Waals surface area contributed by atoms with Crippen molar-refractivity contribution in [1.29, 1.82) is 0 Å². The van der Waals surface area contributed by atoms with Gasteiger partial charge in [0.2, 0.25) is 0 Å². The first-order chi connectivity index (χ1) is 7.52. The Morgan fingerprint density at radius 1 is 1.50 bits per heavy atom. The van der Waals surface area contributed by atoms with Crippen molar-refractivity contribution >= 4 is 29.0 Å². The molecule has 1 heterocycles. The van der Waals surface area contributed by atoms with E-state index >= 15 is 0 Å². The topological polar surface area (TPSA) is 61.4 Å². The van der Waals surface area contributed by atoms with Crippen LogP contribution >= 0.6 is 22.9 Å². The van der Waals surface area contributed by atoms with Gasteiger partial charge in [-0.05, 0) is 26.0 Å². The molecule has 2 amide bonds. The third kappa shape index (κ3) is 4.00. The minimum absolute atomic E-state index is 0.0768. The van der Waals surface area contributed by atoms with E-state index in [9.17, 15) is 4.79 Å². The van der Waals surface area contributed by atoms with Gasteiger partial charge in [0.05, 0.1) is 23.0 Å². The fraction of sp³-hybridized carbons (Fsp3) is 0.500. The van der Waals surface area contributed by atoms with Crippen LogP contribution in [0.15, 0.2) is 12.1 Å². The number of thiophene rings is 1. The predicted octanol–water partition coefficient (Wildman–Crippen LogP) is 2.14. The Hall–Kier alpha value is -0.780. The summed E-state index contributed by atoms with van der Waals surface area (Å²) in [5, 5.41) is 14.2. The zero-order valence-electron chi connectivity index (χ0n) is 9.16. The Bertz CT molecular complexity index is 356. The van der Waals surface area contributed by atoms with Crippen molar-refractivity contribution in [3.05, 3.63) is 21.3 Å². The van der Waals surface area contributed by atoms with E-state index in [4.69, 9.17) is 16.7 Å². The van der Waals surface area contributed by atoms with Crippen molar-refractivity contribution in [1.82, 2.24) is 10.6 Å². The summed E-state index contributed by atoms with van der Waals surface area (Å²) in [6.07, 6.45) is 0. The molecule has 0 radical (unpaired) electrons. The SMILES string of the molecule is CC(CO)NC(=O)NC(C)c1ccc(Cl)s1. The van der Waals surface area contributed by atoms with E-state index in [1.165, 1.54) is 11.3 Å². The number of aliphatic hydroxyl groups excluding tert-OH is 1. The summed E-state index contributed by atoms with van der Waals surface area (Å²) in [6, 6.07) is 3.04. The first-order valence-corrected chi connectivity index (χ1v) is 6.15. The summed E-state index contributed by atoms with van der Waals surface area (Å²) in [5.41, 5.74) is 0.